The molecule has 0 aliphatic carbocycles. The first-order valence-electron chi connectivity index (χ1n) is 10.1. The molecule has 0 atom stereocenters. The highest BCUT2D eigenvalue weighted by Crippen LogP contribution is 2.31. The fourth-order valence-corrected chi connectivity index (χ4v) is 3.93. The smallest absolute Gasteiger partial charge is 0.361 e. The van der Waals surface area contributed by atoms with Gasteiger partial charge < -0.3 is 4.98 Å². The average Bonchev–Trinajstić information content (AvgIpc) is 3.21. The molecule has 0 saturated carbocycles. The second-order valence-corrected chi connectivity index (χ2v) is 7.66. The van der Waals surface area contributed by atoms with Crippen LogP contribution in [0.2, 0.25) is 0 Å². The Morgan fingerprint density at radius 1 is 0.906 bits per heavy atom. The molecule has 2 heterocycles. The number of alkyl halides is 3. The molecule has 1 N–H and O–H groups in total. The number of hydrogen-bond acceptors (Lipinski definition) is 2. The van der Waals surface area contributed by atoms with E-state index in [1.165, 1.54) is 18.5 Å². The summed E-state index contributed by atoms with van der Waals surface area (Å²) in [5, 5.41) is 1.56. The van der Waals surface area contributed by atoms with Crippen LogP contribution in [0.1, 0.15) is 11.1 Å². The number of aromatic nitrogens is 3. The number of hydrogen-bond donors (Lipinski definition) is 1. The van der Waals surface area contributed by atoms with Crippen LogP contribution >= 0.6 is 0 Å². The maximum absolute atomic E-state index is 13.1. The van der Waals surface area contributed by atoms with Gasteiger partial charge in [0, 0.05) is 23.6 Å². The molecule has 5 rings (SSSR count). The zero-order valence-corrected chi connectivity index (χ0v) is 16.9. The zero-order chi connectivity index (χ0) is 22.3. The lowest BCUT2D eigenvalue weighted by Gasteiger charge is -2.09. The maximum Gasteiger partial charge on any atom is 0.416 e. The van der Waals surface area contributed by atoms with Crippen molar-refractivity contribution in [1.82, 2.24) is 14.5 Å². The summed E-state index contributed by atoms with van der Waals surface area (Å²) in [7, 11) is 0. The van der Waals surface area contributed by atoms with E-state index in [9.17, 15) is 18.0 Å². The van der Waals surface area contributed by atoms with Crippen LogP contribution in [0.25, 0.3) is 32.9 Å². The highest BCUT2D eigenvalue weighted by molar-refractivity contribution is 5.84. The van der Waals surface area contributed by atoms with E-state index in [1.54, 1.807) is 22.8 Å². The summed E-state index contributed by atoms with van der Waals surface area (Å²) in [6, 6.07) is 18.1. The van der Waals surface area contributed by atoms with Gasteiger partial charge in [0.05, 0.1) is 22.8 Å². The van der Waals surface area contributed by atoms with Crippen LogP contribution < -0.4 is 5.56 Å². The van der Waals surface area contributed by atoms with Crippen LogP contribution in [0.3, 0.4) is 0 Å². The summed E-state index contributed by atoms with van der Waals surface area (Å²) in [5.74, 6) is 0. The highest BCUT2D eigenvalue weighted by Gasteiger charge is 2.30. The van der Waals surface area contributed by atoms with E-state index >= 15 is 0 Å². The van der Waals surface area contributed by atoms with Crippen molar-refractivity contribution in [3.8, 4) is 11.1 Å². The van der Waals surface area contributed by atoms with Crippen LogP contribution in [0.4, 0.5) is 13.2 Å². The lowest BCUT2D eigenvalue weighted by Crippen LogP contribution is -2.21. The number of aromatic amines is 1. The Labute approximate surface area is 181 Å². The first-order chi connectivity index (χ1) is 15.4. The van der Waals surface area contributed by atoms with Crippen molar-refractivity contribution in [3.05, 3.63) is 101 Å². The van der Waals surface area contributed by atoms with Crippen LogP contribution in [0.5, 0.6) is 0 Å². The first kappa shape index (κ1) is 20.1. The predicted octanol–water partition coefficient (Wildman–Crippen LogP) is 5.81. The molecule has 5 aromatic rings. The Hall–Kier alpha value is -3.87. The van der Waals surface area contributed by atoms with Gasteiger partial charge in [-0.25, -0.2) is 4.98 Å². The van der Waals surface area contributed by atoms with E-state index in [0.717, 1.165) is 28.6 Å². The van der Waals surface area contributed by atoms with Gasteiger partial charge in [0.25, 0.3) is 5.56 Å². The van der Waals surface area contributed by atoms with Crippen LogP contribution in [0, 0.1) is 0 Å². The minimum atomic E-state index is -4.38. The molecule has 0 aliphatic rings. The number of nitrogens with zero attached hydrogens (tertiary/aromatic N) is 2. The van der Waals surface area contributed by atoms with Gasteiger partial charge in [-0.1, -0.05) is 36.4 Å². The molecular weight excluding hydrogens is 415 g/mol. The van der Waals surface area contributed by atoms with Crippen molar-refractivity contribution >= 4 is 21.8 Å². The number of rotatable bonds is 4. The number of benzene rings is 3. The summed E-state index contributed by atoms with van der Waals surface area (Å²) in [4.78, 5) is 20.7. The van der Waals surface area contributed by atoms with Crippen molar-refractivity contribution in [2.45, 2.75) is 19.1 Å². The summed E-state index contributed by atoms with van der Waals surface area (Å²) >= 11 is 0. The second-order valence-electron chi connectivity index (χ2n) is 7.66. The zero-order valence-electron chi connectivity index (χ0n) is 16.9. The normalized spacial score (nSPS) is 12.0. The van der Waals surface area contributed by atoms with Crippen molar-refractivity contribution in [2.24, 2.45) is 0 Å². The van der Waals surface area contributed by atoms with E-state index in [1.807, 2.05) is 30.5 Å². The van der Waals surface area contributed by atoms with Crippen LogP contribution in [-0.2, 0) is 19.1 Å². The number of halogens is 3. The fraction of sp³-hybridized carbons (Fsp3) is 0.120. The molecule has 4 nitrogen and oxygen atoms in total. The quantitative estimate of drug-likeness (QED) is 0.389. The average molecular weight is 433 g/mol. The molecule has 0 amide bonds. The van der Waals surface area contributed by atoms with Gasteiger partial charge in [-0.3, -0.25) is 9.36 Å². The number of aryl methyl sites for hydroxylation is 2. The number of H-pyrrole nitrogens is 1. The molecule has 32 heavy (non-hydrogen) atoms. The molecule has 160 valence electrons. The minimum Gasteiger partial charge on any atom is -0.361 e. The molecule has 2 aromatic heterocycles. The lowest BCUT2D eigenvalue weighted by molar-refractivity contribution is -0.137. The van der Waals surface area contributed by atoms with Crippen molar-refractivity contribution in [1.29, 1.82) is 0 Å². The Morgan fingerprint density at radius 3 is 2.44 bits per heavy atom. The first-order valence-corrected chi connectivity index (χ1v) is 10.1. The van der Waals surface area contributed by atoms with Gasteiger partial charge in [0.1, 0.15) is 0 Å². The van der Waals surface area contributed by atoms with Crippen molar-refractivity contribution in [3.63, 3.8) is 0 Å². The molecule has 0 aliphatic heterocycles. The van der Waals surface area contributed by atoms with Crippen molar-refractivity contribution < 1.29 is 13.2 Å². The standard InChI is InChI=1S/C25H18F3N3O/c26-25(27,28)19-8-5-16(6-9-19)17-7-10-23-21(13-17)24(32)31(15-30-23)12-11-18-14-29-22-4-2-1-3-20(18)22/h1-10,13-15,29H,11-12H2. The largest absolute Gasteiger partial charge is 0.416 e. The summed E-state index contributed by atoms with van der Waals surface area (Å²) in [6.07, 6.45) is -0.232. The SMILES string of the molecule is O=c1c2cc(-c3ccc(C(F)(F)F)cc3)ccc2ncn1CCc1c[nH]c2ccccc12. The Kier molecular flexibility index (Phi) is 4.81. The Bertz CT molecular complexity index is 1480. The molecule has 0 fully saturated rings. The highest BCUT2D eigenvalue weighted by atomic mass is 19.4. The molecule has 7 heteroatoms. The van der Waals surface area contributed by atoms with Gasteiger partial charge in [-0.15, -0.1) is 0 Å². The molecule has 0 radical (unpaired) electrons. The van der Waals surface area contributed by atoms with Crippen LogP contribution in [-0.4, -0.2) is 14.5 Å². The third-order valence-electron chi connectivity index (χ3n) is 5.67. The summed E-state index contributed by atoms with van der Waals surface area (Å²) < 4.78 is 40.1. The van der Waals surface area contributed by atoms with E-state index in [4.69, 9.17) is 0 Å². The van der Waals surface area contributed by atoms with Gasteiger partial charge >= 0.3 is 6.18 Å². The summed E-state index contributed by atoms with van der Waals surface area (Å²) in [5.41, 5.74) is 3.10. The number of nitrogens with one attached hydrogen (secondary N) is 1. The van der Waals surface area contributed by atoms with Gasteiger partial charge in [0.2, 0.25) is 0 Å². The third-order valence-corrected chi connectivity index (χ3v) is 5.67. The molecule has 0 unspecified atom stereocenters. The van der Waals surface area contributed by atoms with Gasteiger partial charge in [0.15, 0.2) is 0 Å². The third kappa shape index (κ3) is 3.66. The monoisotopic (exact) mass is 433 g/mol. The maximum atomic E-state index is 13.1. The molecule has 0 saturated heterocycles. The molecule has 0 bridgehead atoms. The van der Waals surface area contributed by atoms with Gasteiger partial charge in [-0.05, 0) is 53.4 Å². The van der Waals surface area contributed by atoms with E-state index < -0.39 is 11.7 Å². The number of fused-ring (bicyclic) bond motifs is 2. The molecular formula is C25H18F3N3O. The predicted molar refractivity (Wildman–Crippen MR) is 118 cm³/mol. The molecule has 0 spiro atoms. The van der Waals surface area contributed by atoms with E-state index in [0.29, 0.717) is 35.0 Å². The Morgan fingerprint density at radius 2 is 1.66 bits per heavy atom. The second kappa shape index (κ2) is 7.67. The minimum absolute atomic E-state index is 0.177. The van der Waals surface area contributed by atoms with Crippen LogP contribution in [0.15, 0.2) is 84.0 Å². The fourth-order valence-electron chi connectivity index (χ4n) is 3.93. The van der Waals surface area contributed by atoms with E-state index in [-0.39, 0.29) is 5.56 Å². The number of para-hydroxylation sites is 1. The summed E-state index contributed by atoms with van der Waals surface area (Å²) in [6.45, 7) is 0.466. The van der Waals surface area contributed by atoms with Gasteiger partial charge in [-0.2, -0.15) is 13.2 Å². The topological polar surface area (TPSA) is 50.7 Å². The lowest BCUT2D eigenvalue weighted by atomic mass is 10.0. The Balaban J connectivity index is 1.45. The molecule has 3 aromatic carbocycles. The van der Waals surface area contributed by atoms with E-state index in [2.05, 4.69) is 9.97 Å². The van der Waals surface area contributed by atoms with Crippen molar-refractivity contribution in [2.75, 3.05) is 0 Å².